The second kappa shape index (κ2) is 4.22. The monoisotopic (exact) mass is 231 g/mol. The van der Waals surface area contributed by atoms with Crippen LogP contribution in [0.5, 0.6) is 0 Å². The van der Waals surface area contributed by atoms with E-state index in [1.54, 1.807) is 25.4 Å². The van der Waals surface area contributed by atoms with E-state index in [0.29, 0.717) is 11.1 Å². The van der Waals surface area contributed by atoms with Crippen LogP contribution < -0.4 is 5.73 Å². The predicted octanol–water partition coefficient (Wildman–Crippen LogP) is 2.15. The maximum atomic E-state index is 13.5. The zero-order valence-corrected chi connectivity index (χ0v) is 9.81. The lowest BCUT2D eigenvalue weighted by atomic mass is 9.87. The van der Waals surface area contributed by atoms with Gasteiger partial charge in [0.25, 0.3) is 0 Å². The predicted molar refractivity (Wildman–Crippen MR) is 63.8 cm³/mol. The molecule has 2 aromatic rings. The quantitative estimate of drug-likeness (QED) is 0.861. The molecule has 0 aliphatic heterocycles. The average molecular weight is 231 g/mol. The molecular formula is C13H14FN3. The van der Waals surface area contributed by atoms with Gasteiger partial charge in [0.1, 0.15) is 12.1 Å². The van der Waals surface area contributed by atoms with E-state index in [-0.39, 0.29) is 5.82 Å². The smallest absolute Gasteiger partial charge is 0.126 e. The molecule has 1 atom stereocenters. The van der Waals surface area contributed by atoms with Crippen LogP contribution in [0.4, 0.5) is 4.39 Å². The van der Waals surface area contributed by atoms with Crippen molar-refractivity contribution in [1.29, 1.82) is 0 Å². The van der Waals surface area contributed by atoms with Crippen molar-refractivity contribution in [2.45, 2.75) is 19.4 Å². The van der Waals surface area contributed by atoms with E-state index in [9.17, 15) is 4.39 Å². The minimum atomic E-state index is -0.796. The van der Waals surface area contributed by atoms with Gasteiger partial charge in [-0.15, -0.1) is 0 Å². The number of halogens is 1. The third kappa shape index (κ3) is 2.17. The van der Waals surface area contributed by atoms with Gasteiger partial charge in [0.05, 0.1) is 5.54 Å². The number of benzene rings is 1. The van der Waals surface area contributed by atoms with Crippen LogP contribution in [-0.2, 0) is 5.54 Å². The van der Waals surface area contributed by atoms with E-state index < -0.39 is 5.54 Å². The Labute approximate surface area is 99.5 Å². The first kappa shape index (κ1) is 11.7. The van der Waals surface area contributed by atoms with Crippen LogP contribution in [0.3, 0.4) is 0 Å². The van der Waals surface area contributed by atoms with E-state index in [1.807, 2.05) is 13.0 Å². The van der Waals surface area contributed by atoms with Crippen LogP contribution >= 0.6 is 0 Å². The van der Waals surface area contributed by atoms with Gasteiger partial charge >= 0.3 is 0 Å². The fraction of sp³-hybridized carbons (Fsp3) is 0.231. The highest BCUT2D eigenvalue weighted by Crippen LogP contribution is 2.26. The van der Waals surface area contributed by atoms with E-state index in [4.69, 9.17) is 5.73 Å². The summed E-state index contributed by atoms with van der Waals surface area (Å²) >= 11 is 0. The normalized spacial score (nSPS) is 14.4. The molecule has 88 valence electrons. The summed E-state index contributed by atoms with van der Waals surface area (Å²) in [5, 5.41) is 0. The van der Waals surface area contributed by atoms with E-state index in [2.05, 4.69) is 9.97 Å². The Morgan fingerprint density at radius 3 is 2.41 bits per heavy atom. The minimum absolute atomic E-state index is 0.254. The molecule has 0 spiro atoms. The average Bonchev–Trinajstić information content (AvgIpc) is 2.33. The van der Waals surface area contributed by atoms with Gasteiger partial charge in [-0.25, -0.2) is 14.4 Å². The Morgan fingerprint density at radius 2 is 1.82 bits per heavy atom. The van der Waals surface area contributed by atoms with Crippen molar-refractivity contribution >= 4 is 0 Å². The molecular weight excluding hydrogens is 217 g/mol. The largest absolute Gasteiger partial charge is 0.318 e. The van der Waals surface area contributed by atoms with Crippen LogP contribution in [0.15, 0.2) is 36.9 Å². The lowest BCUT2D eigenvalue weighted by Gasteiger charge is -2.25. The maximum Gasteiger partial charge on any atom is 0.126 e. The summed E-state index contributed by atoms with van der Waals surface area (Å²) in [5.74, 6) is -0.254. The summed E-state index contributed by atoms with van der Waals surface area (Å²) in [4.78, 5) is 7.86. The van der Waals surface area contributed by atoms with Gasteiger partial charge < -0.3 is 5.73 Å². The first-order chi connectivity index (χ1) is 8.01. The van der Waals surface area contributed by atoms with Crippen molar-refractivity contribution in [2.75, 3.05) is 0 Å². The van der Waals surface area contributed by atoms with Gasteiger partial charge in [-0.05, 0) is 31.0 Å². The van der Waals surface area contributed by atoms with Gasteiger partial charge in [0.15, 0.2) is 0 Å². The minimum Gasteiger partial charge on any atom is -0.318 e. The molecule has 1 aromatic heterocycles. The van der Waals surface area contributed by atoms with Gasteiger partial charge in [0.2, 0.25) is 0 Å². The first-order valence-electron chi connectivity index (χ1n) is 5.33. The number of hydrogen-bond donors (Lipinski definition) is 1. The summed E-state index contributed by atoms with van der Waals surface area (Å²) in [5.41, 5.74) is 7.50. The number of nitrogens with zero attached hydrogens (tertiary/aromatic N) is 2. The van der Waals surface area contributed by atoms with Crippen molar-refractivity contribution in [1.82, 2.24) is 9.97 Å². The van der Waals surface area contributed by atoms with Crippen molar-refractivity contribution in [3.05, 3.63) is 59.4 Å². The van der Waals surface area contributed by atoms with Gasteiger partial charge in [-0.3, -0.25) is 0 Å². The molecule has 0 aliphatic carbocycles. The molecule has 0 fully saturated rings. The van der Waals surface area contributed by atoms with Gasteiger partial charge in [0, 0.05) is 18.0 Å². The van der Waals surface area contributed by atoms with Crippen LogP contribution in [-0.4, -0.2) is 9.97 Å². The molecule has 2 rings (SSSR count). The topological polar surface area (TPSA) is 51.8 Å². The molecule has 2 N–H and O–H groups in total. The van der Waals surface area contributed by atoms with Crippen molar-refractivity contribution in [2.24, 2.45) is 5.73 Å². The van der Waals surface area contributed by atoms with Crippen molar-refractivity contribution < 1.29 is 4.39 Å². The Kier molecular flexibility index (Phi) is 2.90. The van der Waals surface area contributed by atoms with Crippen LogP contribution in [0.1, 0.15) is 23.6 Å². The highest BCUT2D eigenvalue weighted by Gasteiger charge is 2.25. The molecule has 4 heteroatoms. The molecule has 1 aromatic carbocycles. The zero-order chi connectivity index (χ0) is 12.5. The number of rotatable bonds is 2. The third-order valence-corrected chi connectivity index (χ3v) is 2.93. The molecule has 3 nitrogen and oxygen atoms in total. The van der Waals surface area contributed by atoms with Crippen molar-refractivity contribution in [3.63, 3.8) is 0 Å². The Balaban J connectivity index is 2.48. The van der Waals surface area contributed by atoms with Gasteiger partial charge in [-0.1, -0.05) is 12.1 Å². The van der Waals surface area contributed by atoms with E-state index >= 15 is 0 Å². The Bertz CT molecular complexity index is 523. The number of aromatic nitrogens is 2. The number of aryl methyl sites for hydroxylation is 1. The summed E-state index contributed by atoms with van der Waals surface area (Å²) < 4.78 is 13.5. The highest BCUT2D eigenvalue weighted by molar-refractivity contribution is 5.36. The molecule has 0 amide bonds. The van der Waals surface area contributed by atoms with Crippen LogP contribution in [0.25, 0.3) is 0 Å². The second-order valence-corrected chi connectivity index (χ2v) is 4.29. The lowest BCUT2D eigenvalue weighted by molar-refractivity contribution is 0.574. The van der Waals surface area contributed by atoms with Crippen molar-refractivity contribution in [3.8, 4) is 0 Å². The fourth-order valence-corrected chi connectivity index (χ4v) is 1.65. The molecule has 0 saturated carbocycles. The zero-order valence-electron chi connectivity index (χ0n) is 9.81. The maximum absolute atomic E-state index is 13.5. The third-order valence-electron chi connectivity index (χ3n) is 2.93. The number of hydrogen-bond acceptors (Lipinski definition) is 3. The van der Waals surface area contributed by atoms with E-state index in [1.165, 1.54) is 12.4 Å². The highest BCUT2D eigenvalue weighted by atomic mass is 19.1. The molecule has 1 unspecified atom stereocenters. The van der Waals surface area contributed by atoms with Crippen LogP contribution in [0.2, 0.25) is 0 Å². The second-order valence-electron chi connectivity index (χ2n) is 4.29. The lowest BCUT2D eigenvalue weighted by Crippen LogP contribution is -2.34. The molecule has 0 radical (unpaired) electrons. The summed E-state index contributed by atoms with van der Waals surface area (Å²) in [6, 6.07) is 5.01. The molecule has 0 saturated heterocycles. The van der Waals surface area contributed by atoms with E-state index in [0.717, 1.165) is 5.56 Å². The van der Waals surface area contributed by atoms with Gasteiger partial charge in [-0.2, -0.15) is 0 Å². The standard InChI is InChI=1S/C13H14FN3/c1-9-3-4-10(5-12(9)14)13(2,15)11-6-16-8-17-7-11/h3-8H,15H2,1-2H3. The Hall–Kier alpha value is -1.81. The molecule has 1 heterocycles. The SMILES string of the molecule is Cc1ccc(C(C)(N)c2cncnc2)cc1F. The van der Waals surface area contributed by atoms with Crippen LogP contribution in [0, 0.1) is 12.7 Å². The fourth-order valence-electron chi connectivity index (χ4n) is 1.65. The molecule has 0 bridgehead atoms. The summed E-state index contributed by atoms with van der Waals surface area (Å²) in [6.45, 7) is 3.54. The molecule has 0 aliphatic rings. The molecule has 17 heavy (non-hydrogen) atoms. The Morgan fingerprint density at radius 1 is 1.18 bits per heavy atom. The first-order valence-corrected chi connectivity index (χ1v) is 5.33. The number of nitrogens with two attached hydrogens (primary N) is 1. The summed E-state index contributed by atoms with van der Waals surface area (Å²) in [7, 11) is 0. The summed E-state index contributed by atoms with van der Waals surface area (Å²) in [6.07, 6.45) is 4.73.